The Hall–Kier alpha value is -1.63. The number of imide groups is 1. The van der Waals surface area contributed by atoms with Gasteiger partial charge in [-0.3, -0.25) is 19.8 Å². The number of rotatable bonds is 8. The number of nitrogens with one attached hydrogen (secondary N) is 2. The first-order chi connectivity index (χ1) is 8.86. The number of aliphatic carboxylic acids is 1. The van der Waals surface area contributed by atoms with E-state index in [1.165, 1.54) is 0 Å². The molecule has 7 heteroatoms. The van der Waals surface area contributed by atoms with Crippen molar-refractivity contribution >= 4 is 17.9 Å². The zero-order chi connectivity index (χ0) is 14.8. The Morgan fingerprint density at radius 3 is 2.37 bits per heavy atom. The van der Waals surface area contributed by atoms with Crippen LogP contribution in [0.1, 0.15) is 33.6 Å². The maximum absolute atomic E-state index is 11.6. The van der Waals surface area contributed by atoms with Crippen LogP contribution < -0.4 is 10.6 Å². The number of carboxylic acid groups (broad SMARTS) is 1. The lowest BCUT2D eigenvalue weighted by atomic mass is 10.3. The minimum Gasteiger partial charge on any atom is -0.481 e. The average molecular weight is 273 g/mol. The lowest BCUT2D eigenvalue weighted by molar-refractivity contribution is -0.138. The fraction of sp³-hybridized carbons (Fsp3) is 0.750. The van der Waals surface area contributed by atoms with E-state index in [1.807, 2.05) is 20.8 Å². The fourth-order valence-electron chi connectivity index (χ4n) is 1.39. The molecule has 19 heavy (non-hydrogen) atoms. The first kappa shape index (κ1) is 17.4. The summed E-state index contributed by atoms with van der Waals surface area (Å²) in [5.74, 6) is -1.35. The summed E-state index contributed by atoms with van der Waals surface area (Å²) < 4.78 is 0. The molecule has 0 aliphatic rings. The highest BCUT2D eigenvalue weighted by Crippen LogP contribution is 1.99. The highest BCUT2D eigenvalue weighted by atomic mass is 16.4. The van der Waals surface area contributed by atoms with Gasteiger partial charge >= 0.3 is 12.0 Å². The summed E-state index contributed by atoms with van der Waals surface area (Å²) in [5, 5.41) is 13.4. The van der Waals surface area contributed by atoms with E-state index in [2.05, 4.69) is 10.6 Å². The normalized spacial score (nSPS) is 10.6. The van der Waals surface area contributed by atoms with E-state index >= 15 is 0 Å². The van der Waals surface area contributed by atoms with Gasteiger partial charge in [0.25, 0.3) is 0 Å². The number of carboxylic acids is 1. The molecule has 7 nitrogen and oxygen atoms in total. The van der Waals surface area contributed by atoms with Gasteiger partial charge in [0.05, 0.1) is 13.0 Å². The molecule has 0 aromatic carbocycles. The molecule has 110 valence electrons. The second kappa shape index (κ2) is 9.32. The maximum Gasteiger partial charge on any atom is 0.321 e. The standard InChI is InChI=1S/C12H23N3O4/c1-4-6-13-12(19)14-10(16)8-15(9(2)3)7-5-11(17)18/h9H,4-8H2,1-3H3,(H,17,18)(H2,13,14,16,19). The molecule has 0 saturated heterocycles. The van der Waals surface area contributed by atoms with Gasteiger partial charge in [-0.15, -0.1) is 0 Å². The van der Waals surface area contributed by atoms with E-state index in [4.69, 9.17) is 5.11 Å². The van der Waals surface area contributed by atoms with E-state index in [-0.39, 0.29) is 25.6 Å². The van der Waals surface area contributed by atoms with Crippen LogP contribution in [0.25, 0.3) is 0 Å². The van der Waals surface area contributed by atoms with Crippen molar-refractivity contribution in [1.29, 1.82) is 0 Å². The van der Waals surface area contributed by atoms with E-state index < -0.39 is 17.9 Å². The van der Waals surface area contributed by atoms with Gasteiger partial charge in [-0.1, -0.05) is 6.92 Å². The number of carbonyl (C=O) groups excluding carboxylic acids is 2. The van der Waals surface area contributed by atoms with Gasteiger partial charge in [0.1, 0.15) is 0 Å². The minimum absolute atomic E-state index is 0.00446. The van der Waals surface area contributed by atoms with Crippen LogP contribution in [0.15, 0.2) is 0 Å². The monoisotopic (exact) mass is 273 g/mol. The number of nitrogens with zero attached hydrogens (tertiary/aromatic N) is 1. The van der Waals surface area contributed by atoms with Crippen molar-refractivity contribution in [3.8, 4) is 0 Å². The lowest BCUT2D eigenvalue weighted by Gasteiger charge is -2.24. The number of hydrogen-bond acceptors (Lipinski definition) is 4. The van der Waals surface area contributed by atoms with Crippen LogP contribution in [0.5, 0.6) is 0 Å². The van der Waals surface area contributed by atoms with Crippen LogP contribution >= 0.6 is 0 Å². The molecule has 3 amide bonds. The Balaban J connectivity index is 4.16. The highest BCUT2D eigenvalue weighted by molar-refractivity contribution is 5.95. The number of urea groups is 1. The zero-order valence-corrected chi connectivity index (χ0v) is 11.7. The molecule has 0 saturated carbocycles. The Kier molecular flexibility index (Phi) is 8.52. The molecule has 0 aliphatic carbocycles. The van der Waals surface area contributed by atoms with Crippen LogP contribution in [0, 0.1) is 0 Å². The summed E-state index contributed by atoms with van der Waals surface area (Å²) >= 11 is 0. The molecule has 0 atom stereocenters. The molecule has 0 unspecified atom stereocenters. The fourth-order valence-corrected chi connectivity index (χ4v) is 1.39. The first-order valence-electron chi connectivity index (χ1n) is 6.40. The second-order valence-electron chi connectivity index (χ2n) is 4.51. The van der Waals surface area contributed by atoms with Crippen LogP contribution in [0.4, 0.5) is 4.79 Å². The maximum atomic E-state index is 11.6. The molecule has 0 aromatic rings. The summed E-state index contributed by atoms with van der Waals surface area (Å²) in [7, 11) is 0. The van der Waals surface area contributed by atoms with Crippen molar-refractivity contribution in [3.05, 3.63) is 0 Å². The van der Waals surface area contributed by atoms with Gasteiger partial charge in [-0.05, 0) is 20.3 Å². The largest absolute Gasteiger partial charge is 0.481 e. The van der Waals surface area contributed by atoms with Gasteiger partial charge in [-0.25, -0.2) is 4.79 Å². The number of carbonyl (C=O) groups is 3. The number of amides is 3. The molecule has 0 heterocycles. The molecule has 0 aromatic heterocycles. The Labute approximate surface area is 113 Å². The predicted octanol–water partition coefficient (Wildman–Crippen LogP) is 0.407. The first-order valence-corrected chi connectivity index (χ1v) is 6.40. The Bertz CT molecular complexity index is 318. The topological polar surface area (TPSA) is 98.7 Å². The van der Waals surface area contributed by atoms with Gasteiger partial charge in [0.2, 0.25) is 5.91 Å². The third kappa shape index (κ3) is 9.01. The summed E-state index contributed by atoms with van der Waals surface area (Å²) in [6.07, 6.45) is 0.756. The van der Waals surface area contributed by atoms with Crippen LogP contribution in [0.2, 0.25) is 0 Å². The van der Waals surface area contributed by atoms with Crippen molar-refractivity contribution in [2.45, 2.75) is 39.7 Å². The van der Waals surface area contributed by atoms with Crippen molar-refractivity contribution < 1.29 is 19.5 Å². The molecule has 0 radical (unpaired) electrons. The van der Waals surface area contributed by atoms with Gasteiger partial charge < -0.3 is 10.4 Å². The lowest BCUT2D eigenvalue weighted by Crippen LogP contribution is -2.46. The van der Waals surface area contributed by atoms with Crippen molar-refractivity contribution in [3.63, 3.8) is 0 Å². The molecule has 3 N–H and O–H groups in total. The average Bonchev–Trinajstić information content (AvgIpc) is 2.31. The van der Waals surface area contributed by atoms with E-state index in [0.717, 1.165) is 6.42 Å². The van der Waals surface area contributed by atoms with E-state index in [1.54, 1.807) is 4.90 Å². The third-order valence-electron chi connectivity index (χ3n) is 2.48. The molecule has 0 aliphatic heterocycles. The van der Waals surface area contributed by atoms with Crippen molar-refractivity contribution in [2.75, 3.05) is 19.6 Å². The van der Waals surface area contributed by atoms with Gasteiger partial charge in [0.15, 0.2) is 0 Å². The number of hydrogen-bond donors (Lipinski definition) is 3. The summed E-state index contributed by atoms with van der Waals surface area (Å²) in [4.78, 5) is 35.1. The van der Waals surface area contributed by atoms with Gasteiger partial charge in [-0.2, -0.15) is 0 Å². The van der Waals surface area contributed by atoms with Crippen LogP contribution in [-0.4, -0.2) is 53.6 Å². The van der Waals surface area contributed by atoms with Crippen molar-refractivity contribution in [1.82, 2.24) is 15.5 Å². The Morgan fingerprint density at radius 1 is 1.26 bits per heavy atom. The highest BCUT2D eigenvalue weighted by Gasteiger charge is 2.16. The molecular weight excluding hydrogens is 250 g/mol. The Morgan fingerprint density at radius 2 is 1.89 bits per heavy atom. The summed E-state index contributed by atoms with van der Waals surface area (Å²) in [5.41, 5.74) is 0. The summed E-state index contributed by atoms with van der Waals surface area (Å²) in [6, 6.07) is -0.488. The quantitative estimate of drug-likeness (QED) is 0.595. The van der Waals surface area contributed by atoms with E-state index in [9.17, 15) is 14.4 Å². The minimum atomic E-state index is -0.910. The molecular formula is C12H23N3O4. The van der Waals surface area contributed by atoms with E-state index in [0.29, 0.717) is 6.54 Å². The predicted molar refractivity (Wildman–Crippen MR) is 70.8 cm³/mol. The van der Waals surface area contributed by atoms with Crippen LogP contribution in [0.3, 0.4) is 0 Å². The smallest absolute Gasteiger partial charge is 0.321 e. The zero-order valence-electron chi connectivity index (χ0n) is 11.7. The molecule has 0 rings (SSSR count). The van der Waals surface area contributed by atoms with Crippen molar-refractivity contribution in [2.24, 2.45) is 0 Å². The SMILES string of the molecule is CCCNC(=O)NC(=O)CN(CCC(=O)O)C(C)C. The van der Waals surface area contributed by atoms with Gasteiger partial charge in [0, 0.05) is 19.1 Å². The van der Waals surface area contributed by atoms with Crippen LogP contribution in [-0.2, 0) is 9.59 Å². The molecule has 0 fully saturated rings. The third-order valence-corrected chi connectivity index (χ3v) is 2.48. The summed E-state index contributed by atoms with van der Waals surface area (Å²) in [6.45, 7) is 6.43. The molecule has 0 spiro atoms. The molecule has 0 bridgehead atoms. The second-order valence-corrected chi connectivity index (χ2v) is 4.51.